The van der Waals surface area contributed by atoms with Crippen molar-refractivity contribution in [3.8, 4) is 5.75 Å². The minimum absolute atomic E-state index is 0.0500. The van der Waals surface area contributed by atoms with Crippen molar-refractivity contribution in [1.29, 1.82) is 0 Å². The number of carbonyl (C=O) groups is 1. The Balaban J connectivity index is 2.24. The highest BCUT2D eigenvalue weighted by atomic mass is 32.2. The molecule has 0 saturated heterocycles. The second kappa shape index (κ2) is 6.97. The van der Waals surface area contributed by atoms with E-state index in [1.54, 1.807) is 24.3 Å². The lowest BCUT2D eigenvalue weighted by atomic mass is 10.2. The van der Waals surface area contributed by atoms with Crippen molar-refractivity contribution in [3.05, 3.63) is 60.2 Å². The summed E-state index contributed by atoms with van der Waals surface area (Å²) in [5.41, 5.74) is 0.876. The number of methoxy groups -OCH3 is 1. The van der Waals surface area contributed by atoms with Gasteiger partial charge in [0.2, 0.25) is 0 Å². The summed E-state index contributed by atoms with van der Waals surface area (Å²) in [6.45, 7) is 0. The molecule has 0 fully saturated rings. The average Bonchev–Trinajstić information content (AvgIpc) is 2.53. The summed E-state index contributed by atoms with van der Waals surface area (Å²) in [6.07, 6.45) is 2.19. The van der Waals surface area contributed by atoms with Crippen LogP contribution in [0.2, 0.25) is 0 Å². The van der Waals surface area contributed by atoms with Crippen molar-refractivity contribution in [2.75, 3.05) is 11.8 Å². The largest absolute Gasteiger partial charge is 0.545 e. The number of aliphatic carboxylic acids is 1. The van der Waals surface area contributed by atoms with Crippen LogP contribution in [-0.4, -0.2) is 21.5 Å². The van der Waals surface area contributed by atoms with Gasteiger partial charge in [-0.2, -0.15) is 0 Å². The van der Waals surface area contributed by atoms with Gasteiger partial charge in [0.1, 0.15) is 5.75 Å². The lowest BCUT2D eigenvalue weighted by molar-refractivity contribution is -0.297. The first kappa shape index (κ1) is 16.6. The van der Waals surface area contributed by atoms with E-state index in [0.29, 0.717) is 17.0 Å². The van der Waals surface area contributed by atoms with Crippen LogP contribution in [0.1, 0.15) is 5.56 Å². The normalized spacial score (nSPS) is 11.3. The predicted molar refractivity (Wildman–Crippen MR) is 84.3 cm³/mol. The number of carbonyl (C=O) groups excluding carboxylic acids is 1. The Hall–Kier alpha value is -2.80. The SMILES string of the molecule is COc1ccccc1NS(=O)(=O)c1ccc(/C=C/C(=O)[O-])cc1. The van der Waals surface area contributed by atoms with Gasteiger partial charge in [0.15, 0.2) is 0 Å². The molecule has 7 heteroatoms. The molecule has 0 spiro atoms. The zero-order valence-electron chi connectivity index (χ0n) is 12.2. The highest BCUT2D eigenvalue weighted by Gasteiger charge is 2.15. The Kier molecular flexibility index (Phi) is 5.02. The summed E-state index contributed by atoms with van der Waals surface area (Å²) in [7, 11) is -2.33. The number of carboxylic acids is 1. The zero-order valence-corrected chi connectivity index (χ0v) is 13.0. The Bertz CT molecular complexity index is 826. The van der Waals surface area contributed by atoms with Crippen LogP contribution in [0, 0.1) is 0 Å². The Morgan fingerprint density at radius 1 is 1.13 bits per heavy atom. The van der Waals surface area contributed by atoms with E-state index >= 15 is 0 Å². The second-order valence-corrected chi connectivity index (χ2v) is 6.21. The van der Waals surface area contributed by atoms with E-state index in [9.17, 15) is 18.3 Å². The van der Waals surface area contributed by atoms with Crippen molar-refractivity contribution in [2.45, 2.75) is 4.90 Å². The van der Waals surface area contributed by atoms with Crippen LogP contribution in [-0.2, 0) is 14.8 Å². The van der Waals surface area contributed by atoms with Crippen molar-refractivity contribution >= 4 is 27.8 Å². The number of rotatable bonds is 6. The molecule has 0 aliphatic rings. The first-order valence-corrected chi connectivity index (χ1v) is 8.05. The Labute approximate surface area is 134 Å². The molecule has 2 rings (SSSR count). The highest BCUT2D eigenvalue weighted by Crippen LogP contribution is 2.26. The van der Waals surface area contributed by atoms with Gasteiger partial charge in [-0.25, -0.2) is 8.42 Å². The van der Waals surface area contributed by atoms with Crippen LogP contribution in [0.15, 0.2) is 59.5 Å². The standard InChI is InChI=1S/C16H15NO5S/c1-22-15-5-3-2-4-14(15)17-23(20,21)13-9-6-12(7-10-13)8-11-16(18)19/h2-11,17H,1H3,(H,18,19)/p-1/b11-8+. The van der Waals surface area contributed by atoms with Crippen molar-refractivity contribution in [1.82, 2.24) is 0 Å². The minimum atomic E-state index is -3.78. The number of carboxylic acid groups (broad SMARTS) is 1. The third-order valence-corrected chi connectivity index (χ3v) is 4.33. The molecule has 0 aliphatic carbocycles. The van der Waals surface area contributed by atoms with Gasteiger partial charge in [0, 0.05) is 0 Å². The summed E-state index contributed by atoms with van der Waals surface area (Å²) in [6, 6.07) is 12.4. The van der Waals surface area contributed by atoms with Gasteiger partial charge in [-0.1, -0.05) is 30.3 Å². The number of ether oxygens (including phenoxy) is 1. The van der Waals surface area contributed by atoms with Crippen molar-refractivity contribution in [3.63, 3.8) is 0 Å². The summed E-state index contributed by atoms with van der Waals surface area (Å²) in [4.78, 5) is 10.4. The van der Waals surface area contributed by atoms with Gasteiger partial charge in [0.25, 0.3) is 10.0 Å². The van der Waals surface area contributed by atoms with Crippen LogP contribution >= 0.6 is 0 Å². The maximum atomic E-state index is 12.4. The number of hydrogen-bond donors (Lipinski definition) is 1. The fraction of sp³-hybridized carbons (Fsp3) is 0.0625. The van der Waals surface area contributed by atoms with E-state index in [2.05, 4.69) is 4.72 Å². The van der Waals surface area contributed by atoms with E-state index in [4.69, 9.17) is 4.74 Å². The van der Waals surface area contributed by atoms with Crippen LogP contribution in [0.25, 0.3) is 6.08 Å². The van der Waals surface area contributed by atoms with E-state index in [1.807, 2.05) is 0 Å². The third-order valence-electron chi connectivity index (χ3n) is 2.95. The molecule has 0 unspecified atom stereocenters. The molecule has 6 nitrogen and oxygen atoms in total. The first-order valence-electron chi connectivity index (χ1n) is 6.57. The smallest absolute Gasteiger partial charge is 0.262 e. The summed E-state index contributed by atoms with van der Waals surface area (Å²) < 4.78 is 32.3. The molecule has 0 radical (unpaired) electrons. The quantitative estimate of drug-likeness (QED) is 0.804. The summed E-state index contributed by atoms with van der Waals surface area (Å²) in [5, 5.41) is 10.3. The molecular formula is C16H14NO5S-. The maximum Gasteiger partial charge on any atom is 0.262 e. The lowest BCUT2D eigenvalue weighted by Gasteiger charge is -2.11. The molecule has 2 aromatic rings. The lowest BCUT2D eigenvalue weighted by Crippen LogP contribution is -2.18. The average molecular weight is 332 g/mol. The molecule has 1 N–H and O–H groups in total. The highest BCUT2D eigenvalue weighted by molar-refractivity contribution is 7.92. The van der Waals surface area contributed by atoms with E-state index in [0.717, 1.165) is 6.08 Å². The van der Waals surface area contributed by atoms with E-state index in [-0.39, 0.29) is 4.90 Å². The van der Waals surface area contributed by atoms with Gasteiger partial charge < -0.3 is 14.6 Å². The third kappa shape index (κ3) is 4.33. The first-order chi connectivity index (χ1) is 10.9. The number of sulfonamides is 1. The monoisotopic (exact) mass is 332 g/mol. The molecule has 2 aromatic carbocycles. The number of anilines is 1. The van der Waals surface area contributed by atoms with Crippen LogP contribution in [0.5, 0.6) is 5.75 Å². The fourth-order valence-electron chi connectivity index (χ4n) is 1.86. The molecule has 0 atom stereocenters. The Morgan fingerprint density at radius 2 is 1.78 bits per heavy atom. The van der Waals surface area contributed by atoms with Crippen LogP contribution in [0.3, 0.4) is 0 Å². The number of para-hydroxylation sites is 2. The minimum Gasteiger partial charge on any atom is -0.545 e. The predicted octanol–water partition coefficient (Wildman–Crippen LogP) is 1.26. The number of nitrogens with one attached hydrogen (secondary N) is 1. The van der Waals surface area contributed by atoms with Crippen LogP contribution < -0.4 is 14.6 Å². The summed E-state index contributed by atoms with van der Waals surface area (Å²) in [5.74, 6) is -0.913. The molecule has 0 aliphatic heterocycles. The number of hydrogen-bond acceptors (Lipinski definition) is 5. The van der Waals surface area contributed by atoms with Gasteiger partial charge in [-0.15, -0.1) is 0 Å². The number of benzene rings is 2. The van der Waals surface area contributed by atoms with Gasteiger partial charge >= 0.3 is 0 Å². The van der Waals surface area contributed by atoms with Gasteiger partial charge in [-0.3, -0.25) is 4.72 Å². The molecule has 120 valence electrons. The molecule has 0 saturated carbocycles. The maximum absolute atomic E-state index is 12.4. The van der Waals surface area contributed by atoms with E-state index < -0.39 is 16.0 Å². The molecule has 0 aromatic heterocycles. The molecule has 0 amide bonds. The Morgan fingerprint density at radius 3 is 2.39 bits per heavy atom. The molecule has 23 heavy (non-hydrogen) atoms. The molecular weight excluding hydrogens is 318 g/mol. The molecule has 0 heterocycles. The topological polar surface area (TPSA) is 95.5 Å². The summed E-state index contributed by atoms with van der Waals surface area (Å²) >= 11 is 0. The van der Waals surface area contributed by atoms with Crippen molar-refractivity contribution < 1.29 is 23.1 Å². The molecule has 0 bridgehead atoms. The van der Waals surface area contributed by atoms with Gasteiger partial charge in [0.05, 0.1) is 23.7 Å². The zero-order chi connectivity index (χ0) is 16.9. The second-order valence-electron chi connectivity index (χ2n) is 4.53. The van der Waals surface area contributed by atoms with Gasteiger partial charge in [-0.05, 0) is 35.9 Å². The van der Waals surface area contributed by atoms with Crippen molar-refractivity contribution in [2.24, 2.45) is 0 Å². The fourth-order valence-corrected chi connectivity index (χ4v) is 2.93. The van der Waals surface area contributed by atoms with Crippen LogP contribution in [0.4, 0.5) is 5.69 Å². The van der Waals surface area contributed by atoms with E-state index in [1.165, 1.54) is 37.5 Å².